The van der Waals surface area contributed by atoms with Crippen LogP contribution in [0.15, 0.2) is 12.4 Å². The molecule has 0 unspecified atom stereocenters. The molecule has 0 saturated heterocycles. The Balaban J connectivity index is 2.06. The summed E-state index contributed by atoms with van der Waals surface area (Å²) in [5.74, 6) is 3.17. The van der Waals surface area contributed by atoms with E-state index in [1.54, 1.807) is 29.0 Å². The van der Waals surface area contributed by atoms with Gasteiger partial charge in [-0.2, -0.15) is 5.10 Å². The van der Waals surface area contributed by atoms with E-state index in [4.69, 9.17) is 6.42 Å². The average Bonchev–Trinajstić information content (AvgIpc) is 2.97. The van der Waals surface area contributed by atoms with Crippen LogP contribution in [0.4, 0.5) is 0 Å². The van der Waals surface area contributed by atoms with E-state index in [0.717, 1.165) is 6.54 Å². The van der Waals surface area contributed by atoms with Crippen LogP contribution >= 0.6 is 0 Å². The van der Waals surface area contributed by atoms with Crippen LogP contribution in [0.5, 0.6) is 0 Å². The van der Waals surface area contributed by atoms with Crippen molar-refractivity contribution >= 4 is 5.91 Å². The zero-order valence-electron chi connectivity index (χ0n) is 9.39. The molecule has 4 heteroatoms. The van der Waals surface area contributed by atoms with E-state index in [2.05, 4.69) is 11.0 Å². The molecule has 0 aliphatic heterocycles. The van der Waals surface area contributed by atoms with Crippen LogP contribution in [0.2, 0.25) is 0 Å². The van der Waals surface area contributed by atoms with Crippen molar-refractivity contribution in [3.63, 3.8) is 0 Å². The second-order valence-electron chi connectivity index (χ2n) is 4.24. The second-order valence-corrected chi connectivity index (χ2v) is 4.24. The Kier molecular flexibility index (Phi) is 2.95. The van der Waals surface area contributed by atoms with Gasteiger partial charge in [-0.25, -0.2) is 0 Å². The summed E-state index contributed by atoms with van der Waals surface area (Å²) in [7, 11) is 1.79. The zero-order chi connectivity index (χ0) is 11.5. The fourth-order valence-corrected chi connectivity index (χ4v) is 1.66. The number of terminal acetylenes is 1. The van der Waals surface area contributed by atoms with Crippen molar-refractivity contribution < 1.29 is 4.79 Å². The summed E-state index contributed by atoms with van der Waals surface area (Å²) in [6, 6.07) is 0. The Morgan fingerprint density at radius 2 is 2.50 bits per heavy atom. The molecular weight excluding hydrogens is 202 g/mol. The van der Waals surface area contributed by atoms with Crippen LogP contribution in [0.1, 0.15) is 23.2 Å². The Morgan fingerprint density at radius 1 is 1.75 bits per heavy atom. The quantitative estimate of drug-likeness (QED) is 0.703. The van der Waals surface area contributed by atoms with Crippen LogP contribution in [0.25, 0.3) is 0 Å². The summed E-state index contributed by atoms with van der Waals surface area (Å²) in [4.78, 5) is 13.8. The van der Waals surface area contributed by atoms with Crippen molar-refractivity contribution in [2.45, 2.75) is 12.8 Å². The lowest BCUT2D eigenvalue weighted by atomic mass is 10.2. The van der Waals surface area contributed by atoms with Crippen molar-refractivity contribution in [2.75, 3.05) is 13.1 Å². The lowest BCUT2D eigenvalue weighted by Crippen LogP contribution is -2.33. The minimum Gasteiger partial charge on any atom is -0.327 e. The highest BCUT2D eigenvalue weighted by Crippen LogP contribution is 2.30. The molecule has 0 atom stereocenters. The maximum Gasteiger partial charge on any atom is 0.257 e. The van der Waals surface area contributed by atoms with Gasteiger partial charge in [0, 0.05) is 19.8 Å². The summed E-state index contributed by atoms with van der Waals surface area (Å²) in [5.41, 5.74) is 0.610. The van der Waals surface area contributed by atoms with Crippen molar-refractivity contribution in [3.8, 4) is 12.3 Å². The Bertz CT molecular complexity index is 426. The zero-order valence-corrected chi connectivity index (χ0v) is 9.39. The first-order valence-electron chi connectivity index (χ1n) is 5.42. The average molecular weight is 217 g/mol. The molecule has 1 aliphatic rings. The molecule has 1 aliphatic carbocycles. The third kappa shape index (κ3) is 2.43. The minimum atomic E-state index is -0.0158. The van der Waals surface area contributed by atoms with Crippen molar-refractivity contribution in [1.29, 1.82) is 0 Å². The van der Waals surface area contributed by atoms with E-state index >= 15 is 0 Å². The first-order valence-corrected chi connectivity index (χ1v) is 5.42. The Hall–Kier alpha value is -1.76. The van der Waals surface area contributed by atoms with Gasteiger partial charge in [-0.1, -0.05) is 5.92 Å². The summed E-state index contributed by atoms with van der Waals surface area (Å²) in [6.45, 7) is 1.15. The Labute approximate surface area is 95.2 Å². The number of hydrogen-bond donors (Lipinski definition) is 0. The molecule has 0 bridgehead atoms. The van der Waals surface area contributed by atoms with Crippen molar-refractivity contribution in [3.05, 3.63) is 18.0 Å². The lowest BCUT2D eigenvalue weighted by molar-refractivity contribution is 0.0769. The largest absolute Gasteiger partial charge is 0.327 e. The second kappa shape index (κ2) is 4.40. The van der Waals surface area contributed by atoms with Gasteiger partial charge in [0.1, 0.15) is 0 Å². The lowest BCUT2D eigenvalue weighted by Gasteiger charge is -2.18. The van der Waals surface area contributed by atoms with Crippen molar-refractivity contribution in [2.24, 2.45) is 13.0 Å². The first kappa shape index (κ1) is 10.7. The van der Waals surface area contributed by atoms with Gasteiger partial charge in [0.15, 0.2) is 0 Å². The third-order valence-electron chi connectivity index (χ3n) is 2.70. The molecule has 4 nitrogen and oxygen atoms in total. The van der Waals surface area contributed by atoms with E-state index in [0.29, 0.717) is 18.0 Å². The number of aromatic nitrogens is 2. The molecule has 1 amide bonds. The maximum absolute atomic E-state index is 12.1. The predicted molar refractivity (Wildman–Crippen MR) is 60.7 cm³/mol. The van der Waals surface area contributed by atoms with Gasteiger partial charge in [-0.15, -0.1) is 6.42 Å². The summed E-state index contributed by atoms with van der Waals surface area (Å²) in [6.07, 6.45) is 11.0. The van der Waals surface area contributed by atoms with Crippen LogP contribution in [0.3, 0.4) is 0 Å². The monoisotopic (exact) mass is 217 g/mol. The number of rotatable bonds is 4. The number of carbonyl (C=O) groups is 1. The van der Waals surface area contributed by atoms with Gasteiger partial charge in [0.2, 0.25) is 0 Å². The van der Waals surface area contributed by atoms with Crippen LogP contribution in [0, 0.1) is 18.3 Å². The number of carbonyl (C=O) groups excluding carboxylic acids is 1. The fourth-order valence-electron chi connectivity index (χ4n) is 1.66. The highest BCUT2D eigenvalue weighted by Gasteiger charge is 2.27. The normalized spacial score (nSPS) is 14.5. The standard InChI is InChI=1S/C12H15N3O/c1-3-6-15(8-10-4-5-10)12(16)11-7-13-14(2)9-11/h1,7,9-10H,4-6,8H2,2H3. The molecule has 2 rings (SSSR count). The molecule has 1 saturated carbocycles. The molecule has 1 fully saturated rings. The molecule has 16 heavy (non-hydrogen) atoms. The summed E-state index contributed by atoms with van der Waals surface area (Å²) in [5, 5.41) is 3.99. The van der Waals surface area contributed by atoms with Gasteiger partial charge in [-0.3, -0.25) is 9.48 Å². The fraction of sp³-hybridized carbons (Fsp3) is 0.500. The molecule has 1 heterocycles. The van der Waals surface area contributed by atoms with Crippen LogP contribution in [-0.2, 0) is 7.05 Å². The molecule has 0 radical (unpaired) electrons. The third-order valence-corrected chi connectivity index (χ3v) is 2.70. The molecule has 0 aromatic carbocycles. The Morgan fingerprint density at radius 3 is 3.00 bits per heavy atom. The van der Waals surface area contributed by atoms with Crippen LogP contribution < -0.4 is 0 Å². The number of amides is 1. The molecule has 1 aromatic heterocycles. The van der Waals surface area contributed by atoms with Gasteiger partial charge >= 0.3 is 0 Å². The van der Waals surface area contributed by atoms with E-state index < -0.39 is 0 Å². The molecule has 0 spiro atoms. The molecular formula is C12H15N3O. The van der Waals surface area contributed by atoms with Crippen LogP contribution in [-0.4, -0.2) is 33.7 Å². The minimum absolute atomic E-state index is 0.0158. The predicted octanol–water partition coefficient (Wildman–Crippen LogP) is 0.905. The molecule has 1 aromatic rings. The van der Waals surface area contributed by atoms with Crippen molar-refractivity contribution in [1.82, 2.24) is 14.7 Å². The number of aryl methyl sites for hydroxylation is 1. The highest BCUT2D eigenvalue weighted by molar-refractivity contribution is 5.93. The van der Waals surface area contributed by atoms with E-state index in [1.807, 2.05) is 0 Å². The highest BCUT2D eigenvalue weighted by atomic mass is 16.2. The van der Waals surface area contributed by atoms with Gasteiger partial charge in [0.25, 0.3) is 5.91 Å². The first-order chi connectivity index (χ1) is 7.70. The number of nitrogens with zero attached hydrogens (tertiary/aromatic N) is 3. The summed E-state index contributed by atoms with van der Waals surface area (Å²) >= 11 is 0. The molecule has 84 valence electrons. The van der Waals surface area contributed by atoms with E-state index in [1.165, 1.54) is 12.8 Å². The van der Waals surface area contributed by atoms with E-state index in [9.17, 15) is 4.79 Å². The smallest absolute Gasteiger partial charge is 0.257 e. The van der Waals surface area contributed by atoms with Gasteiger partial charge in [-0.05, 0) is 18.8 Å². The van der Waals surface area contributed by atoms with Gasteiger partial charge < -0.3 is 4.90 Å². The molecule has 0 N–H and O–H groups in total. The summed E-state index contributed by atoms with van der Waals surface area (Å²) < 4.78 is 1.62. The topological polar surface area (TPSA) is 38.1 Å². The number of hydrogen-bond acceptors (Lipinski definition) is 2. The van der Waals surface area contributed by atoms with Gasteiger partial charge in [0.05, 0.1) is 18.3 Å². The SMILES string of the molecule is C#CCN(CC1CC1)C(=O)c1cnn(C)c1. The maximum atomic E-state index is 12.1. The van der Waals surface area contributed by atoms with E-state index in [-0.39, 0.29) is 5.91 Å².